The molecular weight excluding hydrogens is 386 g/mol. The summed E-state index contributed by atoms with van der Waals surface area (Å²) in [5, 5.41) is 8.76. The van der Waals surface area contributed by atoms with Gasteiger partial charge in [0.2, 0.25) is 5.91 Å². The van der Waals surface area contributed by atoms with Gasteiger partial charge < -0.3 is 4.90 Å². The van der Waals surface area contributed by atoms with E-state index in [0.717, 1.165) is 37.0 Å². The molecule has 2 heterocycles. The first kappa shape index (κ1) is 20.9. The average molecular weight is 424 g/mol. The maximum Gasteiger partial charge on any atom is 0.237 e. The zero-order chi connectivity index (χ0) is 21.0. The zero-order valence-corrected chi connectivity index (χ0v) is 18.8. The SMILES string of the molecule is O=C(CN1CCC(n2nnc3ccccc32)CC1)N(C1CCCCC1)C1CCCCC1. The van der Waals surface area contributed by atoms with Crippen LogP contribution in [0.15, 0.2) is 24.3 Å². The molecule has 6 heteroatoms. The molecule has 0 atom stereocenters. The first-order valence-electron chi connectivity index (χ1n) is 12.6. The minimum atomic E-state index is 0.381. The van der Waals surface area contributed by atoms with Gasteiger partial charge >= 0.3 is 0 Å². The lowest BCUT2D eigenvalue weighted by molar-refractivity contribution is -0.139. The molecule has 2 saturated carbocycles. The van der Waals surface area contributed by atoms with Crippen molar-refractivity contribution in [3.05, 3.63) is 24.3 Å². The van der Waals surface area contributed by atoms with E-state index in [1.165, 1.54) is 64.2 Å². The fraction of sp³-hybridized carbons (Fsp3) is 0.720. The van der Waals surface area contributed by atoms with Crippen molar-refractivity contribution >= 4 is 16.9 Å². The summed E-state index contributed by atoms with van der Waals surface area (Å²) in [7, 11) is 0. The molecule has 1 aromatic carbocycles. The topological polar surface area (TPSA) is 54.3 Å². The Morgan fingerprint density at radius 2 is 1.48 bits per heavy atom. The van der Waals surface area contributed by atoms with Crippen molar-refractivity contribution in [2.45, 2.75) is 95.2 Å². The molecule has 31 heavy (non-hydrogen) atoms. The van der Waals surface area contributed by atoms with Crippen LogP contribution < -0.4 is 0 Å². The first-order valence-corrected chi connectivity index (χ1v) is 12.6. The van der Waals surface area contributed by atoms with Crippen LogP contribution in [-0.2, 0) is 4.79 Å². The Hall–Kier alpha value is -1.95. The van der Waals surface area contributed by atoms with Gasteiger partial charge in [-0.15, -0.1) is 5.10 Å². The van der Waals surface area contributed by atoms with Crippen LogP contribution in [0.25, 0.3) is 11.0 Å². The number of aromatic nitrogens is 3. The van der Waals surface area contributed by atoms with Gasteiger partial charge in [-0.2, -0.15) is 0 Å². The van der Waals surface area contributed by atoms with Crippen molar-refractivity contribution in [1.82, 2.24) is 24.8 Å². The van der Waals surface area contributed by atoms with Gasteiger partial charge in [0.05, 0.1) is 18.1 Å². The third-order valence-electron chi connectivity index (χ3n) is 7.86. The molecule has 6 nitrogen and oxygen atoms in total. The summed E-state index contributed by atoms with van der Waals surface area (Å²) in [5.41, 5.74) is 2.09. The fourth-order valence-electron chi connectivity index (χ4n) is 6.18. The van der Waals surface area contributed by atoms with Crippen LogP contribution in [0.5, 0.6) is 0 Å². The Labute approximate surface area is 186 Å². The number of carbonyl (C=O) groups excluding carboxylic acids is 1. The molecule has 3 fully saturated rings. The van der Waals surface area contributed by atoms with E-state index in [-0.39, 0.29) is 0 Å². The van der Waals surface area contributed by atoms with Crippen LogP contribution in [0.1, 0.15) is 83.1 Å². The summed E-state index contributed by atoms with van der Waals surface area (Å²) >= 11 is 0. The van der Waals surface area contributed by atoms with Crippen LogP contribution >= 0.6 is 0 Å². The Bertz CT molecular complexity index is 842. The number of benzene rings is 1. The lowest BCUT2D eigenvalue weighted by Crippen LogP contribution is -2.52. The number of amides is 1. The number of rotatable bonds is 5. The lowest BCUT2D eigenvalue weighted by atomic mass is 9.88. The molecule has 0 bridgehead atoms. The Morgan fingerprint density at radius 3 is 2.13 bits per heavy atom. The molecule has 3 aliphatic rings. The third-order valence-corrected chi connectivity index (χ3v) is 7.86. The number of hydrogen-bond acceptors (Lipinski definition) is 4. The van der Waals surface area contributed by atoms with Crippen LogP contribution in [0.2, 0.25) is 0 Å². The lowest BCUT2D eigenvalue weighted by Gasteiger charge is -2.43. The van der Waals surface area contributed by atoms with E-state index in [4.69, 9.17) is 0 Å². The predicted octanol–water partition coefficient (Wildman–Crippen LogP) is 4.56. The second-order valence-electron chi connectivity index (χ2n) is 9.91. The number of likely N-dealkylation sites (tertiary alicyclic amines) is 1. The molecule has 2 aromatic rings. The first-order chi connectivity index (χ1) is 15.3. The van der Waals surface area contributed by atoms with Crippen molar-refractivity contribution in [2.24, 2.45) is 0 Å². The molecular formula is C25H37N5O. The van der Waals surface area contributed by atoms with Gasteiger partial charge in [-0.3, -0.25) is 9.69 Å². The largest absolute Gasteiger partial charge is 0.336 e. The number of hydrogen-bond donors (Lipinski definition) is 0. The quantitative estimate of drug-likeness (QED) is 0.707. The molecule has 0 spiro atoms. The Kier molecular flexibility index (Phi) is 6.53. The molecule has 5 rings (SSSR count). The van der Waals surface area contributed by atoms with Crippen molar-refractivity contribution in [3.63, 3.8) is 0 Å². The molecule has 1 aliphatic heterocycles. The van der Waals surface area contributed by atoms with E-state index in [0.29, 0.717) is 30.6 Å². The van der Waals surface area contributed by atoms with Gasteiger partial charge in [0.15, 0.2) is 0 Å². The van der Waals surface area contributed by atoms with E-state index in [2.05, 4.69) is 36.9 Å². The average Bonchev–Trinajstić information content (AvgIpc) is 3.25. The van der Waals surface area contributed by atoms with Crippen molar-refractivity contribution < 1.29 is 4.79 Å². The second-order valence-corrected chi connectivity index (χ2v) is 9.91. The molecule has 1 aromatic heterocycles. The molecule has 2 aliphatic carbocycles. The van der Waals surface area contributed by atoms with Crippen LogP contribution in [-0.4, -0.2) is 62.4 Å². The monoisotopic (exact) mass is 423 g/mol. The van der Waals surface area contributed by atoms with E-state index < -0.39 is 0 Å². The Morgan fingerprint density at radius 1 is 0.871 bits per heavy atom. The van der Waals surface area contributed by atoms with Gasteiger partial charge in [0.1, 0.15) is 5.52 Å². The molecule has 1 amide bonds. The fourth-order valence-corrected chi connectivity index (χ4v) is 6.18. The maximum absolute atomic E-state index is 13.6. The van der Waals surface area contributed by atoms with Crippen molar-refractivity contribution in [1.29, 1.82) is 0 Å². The predicted molar refractivity (Wildman–Crippen MR) is 123 cm³/mol. The second kappa shape index (κ2) is 9.68. The summed E-state index contributed by atoms with van der Waals surface area (Å²) in [5.74, 6) is 0.392. The number of para-hydroxylation sites is 1. The van der Waals surface area contributed by atoms with E-state index in [1.54, 1.807) is 0 Å². The van der Waals surface area contributed by atoms with E-state index in [9.17, 15) is 4.79 Å². The Balaban J connectivity index is 1.21. The van der Waals surface area contributed by atoms with Gasteiger partial charge in [0.25, 0.3) is 0 Å². The minimum absolute atomic E-state index is 0.381. The standard InChI is InChI=1S/C25H37N5O/c31-25(29(20-9-3-1-4-10-20)21-11-5-2-6-12-21)19-28-17-15-22(16-18-28)30-24-14-8-7-13-23(24)26-27-30/h7-8,13-14,20-22H,1-6,9-12,15-19H2. The van der Waals surface area contributed by atoms with Crippen LogP contribution in [0, 0.1) is 0 Å². The zero-order valence-electron chi connectivity index (χ0n) is 18.8. The highest BCUT2D eigenvalue weighted by Gasteiger charge is 2.34. The van der Waals surface area contributed by atoms with Crippen LogP contribution in [0.3, 0.4) is 0 Å². The smallest absolute Gasteiger partial charge is 0.237 e. The highest BCUT2D eigenvalue weighted by atomic mass is 16.2. The van der Waals surface area contributed by atoms with Gasteiger partial charge in [-0.25, -0.2) is 4.68 Å². The number of fused-ring (bicyclic) bond motifs is 1. The minimum Gasteiger partial charge on any atom is -0.336 e. The highest BCUT2D eigenvalue weighted by Crippen LogP contribution is 2.31. The number of piperidine rings is 1. The van der Waals surface area contributed by atoms with Crippen molar-refractivity contribution in [3.8, 4) is 0 Å². The summed E-state index contributed by atoms with van der Waals surface area (Å²) in [6.07, 6.45) is 14.8. The maximum atomic E-state index is 13.6. The van der Waals surface area contributed by atoms with E-state index >= 15 is 0 Å². The number of carbonyl (C=O) groups is 1. The molecule has 0 N–H and O–H groups in total. The van der Waals surface area contributed by atoms with E-state index in [1.807, 2.05) is 12.1 Å². The van der Waals surface area contributed by atoms with Gasteiger partial charge in [0, 0.05) is 25.2 Å². The third kappa shape index (κ3) is 4.64. The molecule has 0 radical (unpaired) electrons. The summed E-state index contributed by atoms with van der Waals surface area (Å²) < 4.78 is 2.10. The van der Waals surface area contributed by atoms with Crippen LogP contribution in [0.4, 0.5) is 0 Å². The summed E-state index contributed by atoms with van der Waals surface area (Å²) in [6, 6.07) is 9.56. The molecule has 168 valence electrons. The summed E-state index contributed by atoms with van der Waals surface area (Å²) in [4.78, 5) is 18.3. The number of nitrogens with zero attached hydrogens (tertiary/aromatic N) is 5. The summed E-state index contributed by atoms with van der Waals surface area (Å²) in [6.45, 7) is 2.53. The molecule has 1 saturated heterocycles. The highest BCUT2D eigenvalue weighted by molar-refractivity contribution is 5.79. The molecule has 0 unspecified atom stereocenters. The van der Waals surface area contributed by atoms with Gasteiger partial charge in [-0.1, -0.05) is 55.9 Å². The van der Waals surface area contributed by atoms with Crippen molar-refractivity contribution in [2.75, 3.05) is 19.6 Å². The van der Waals surface area contributed by atoms with Gasteiger partial charge in [-0.05, 0) is 50.7 Å². The normalized spacial score (nSPS) is 22.7.